The van der Waals surface area contributed by atoms with E-state index in [1.54, 1.807) is 4.68 Å². The van der Waals surface area contributed by atoms with Crippen LogP contribution < -0.4 is 0 Å². The summed E-state index contributed by atoms with van der Waals surface area (Å²) < 4.78 is 1.72. The molecule has 1 aliphatic carbocycles. The second-order valence-corrected chi connectivity index (χ2v) is 4.31. The number of aromatic nitrogens is 4. The molecule has 0 aliphatic heterocycles. The van der Waals surface area contributed by atoms with Crippen LogP contribution in [0.15, 0.2) is 5.16 Å². The summed E-state index contributed by atoms with van der Waals surface area (Å²) in [6.45, 7) is 2.12. The summed E-state index contributed by atoms with van der Waals surface area (Å²) in [5, 5.41) is 20.3. The monoisotopic (exact) mass is 214 g/mol. The molecule has 2 rings (SSSR count). The van der Waals surface area contributed by atoms with Crippen molar-refractivity contribution in [2.45, 2.75) is 24.5 Å². The lowest BCUT2D eigenvalue weighted by molar-refractivity contribution is -0.133. The maximum atomic E-state index is 10.4. The maximum Gasteiger partial charge on any atom is 0.313 e. The van der Waals surface area contributed by atoms with Gasteiger partial charge in [-0.3, -0.25) is 4.79 Å². The van der Waals surface area contributed by atoms with Gasteiger partial charge in [0.25, 0.3) is 0 Å². The number of rotatable bonds is 4. The molecule has 1 aromatic heterocycles. The number of carboxylic acids is 1. The van der Waals surface area contributed by atoms with E-state index in [0.29, 0.717) is 17.1 Å². The van der Waals surface area contributed by atoms with E-state index < -0.39 is 5.97 Å². The van der Waals surface area contributed by atoms with Gasteiger partial charge in [-0.05, 0) is 22.8 Å². The Morgan fingerprint density at radius 1 is 1.79 bits per heavy atom. The summed E-state index contributed by atoms with van der Waals surface area (Å²) >= 11 is 1.16. The van der Waals surface area contributed by atoms with Crippen molar-refractivity contribution in [1.82, 2.24) is 20.2 Å². The van der Waals surface area contributed by atoms with Gasteiger partial charge in [0, 0.05) is 0 Å². The van der Waals surface area contributed by atoms with E-state index in [1.807, 2.05) is 0 Å². The van der Waals surface area contributed by atoms with E-state index in [2.05, 4.69) is 22.4 Å². The first-order valence-corrected chi connectivity index (χ1v) is 5.29. The van der Waals surface area contributed by atoms with Gasteiger partial charge in [-0.25, -0.2) is 4.68 Å². The zero-order valence-electron chi connectivity index (χ0n) is 7.62. The topological polar surface area (TPSA) is 80.9 Å². The second kappa shape index (κ2) is 3.56. The van der Waals surface area contributed by atoms with E-state index in [9.17, 15) is 4.79 Å². The molecular weight excluding hydrogens is 204 g/mol. The smallest absolute Gasteiger partial charge is 0.313 e. The average Bonchev–Trinajstić information content (AvgIpc) is 2.68. The first-order valence-electron chi connectivity index (χ1n) is 4.31. The van der Waals surface area contributed by atoms with Crippen LogP contribution in [0, 0.1) is 5.92 Å². The van der Waals surface area contributed by atoms with Crippen molar-refractivity contribution in [3.05, 3.63) is 0 Å². The Labute approximate surface area is 84.7 Å². The van der Waals surface area contributed by atoms with Crippen LogP contribution in [-0.4, -0.2) is 37.0 Å². The minimum atomic E-state index is -0.853. The van der Waals surface area contributed by atoms with Gasteiger partial charge < -0.3 is 5.11 Å². The second-order valence-electron chi connectivity index (χ2n) is 3.37. The molecule has 0 spiro atoms. The molecule has 0 radical (unpaired) electrons. The van der Waals surface area contributed by atoms with Crippen LogP contribution >= 0.6 is 11.8 Å². The molecule has 1 N–H and O–H groups in total. The molecule has 2 atom stereocenters. The molecule has 14 heavy (non-hydrogen) atoms. The molecule has 1 saturated carbocycles. The molecule has 1 aliphatic rings. The third-order valence-corrected chi connectivity index (χ3v) is 3.09. The highest BCUT2D eigenvalue weighted by molar-refractivity contribution is 7.99. The van der Waals surface area contributed by atoms with E-state index in [1.165, 1.54) is 0 Å². The van der Waals surface area contributed by atoms with Crippen LogP contribution in [0.1, 0.15) is 19.4 Å². The molecule has 6 nitrogen and oxygen atoms in total. The standard InChI is InChI=1S/C7H10N4O2S/c1-4-2-5(4)11-7(8-9-10-11)14-3-6(12)13/h4-5H,2-3H2,1H3,(H,12,13). The zero-order chi connectivity index (χ0) is 10.1. The van der Waals surface area contributed by atoms with Crippen LogP contribution in [0.5, 0.6) is 0 Å². The van der Waals surface area contributed by atoms with Crippen molar-refractivity contribution in [1.29, 1.82) is 0 Å². The summed E-state index contributed by atoms with van der Waals surface area (Å²) in [5.41, 5.74) is 0. The van der Waals surface area contributed by atoms with Crippen LogP contribution in [0.4, 0.5) is 0 Å². The molecule has 0 amide bonds. The fourth-order valence-electron chi connectivity index (χ4n) is 1.26. The SMILES string of the molecule is CC1CC1n1nnnc1SCC(=O)O. The quantitative estimate of drug-likeness (QED) is 0.732. The first kappa shape index (κ1) is 9.45. The third kappa shape index (κ3) is 1.87. The minimum absolute atomic E-state index is 0.00146. The predicted molar refractivity (Wildman–Crippen MR) is 49.0 cm³/mol. The lowest BCUT2D eigenvalue weighted by atomic mass is 10.5. The van der Waals surface area contributed by atoms with Crippen molar-refractivity contribution in [3.8, 4) is 0 Å². The number of thioether (sulfide) groups is 1. The summed E-state index contributed by atoms with van der Waals surface area (Å²) in [6.07, 6.45) is 1.08. The highest BCUT2D eigenvalue weighted by Crippen LogP contribution is 2.43. The van der Waals surface area contributed by atoms with Gasteiger partial charge in [-0.1, -0.05) is 18.7 Å². The summed E-state index contributed by atoms with van der Waals surface area (Å²) in [5.74, 6) is -0.252. The van der Waals surface area contributed by atoms with Crippen molar-refractivity contribution in [2.24, 2.45) is 5.92 Å². The lowest BCUT2D eigenvalue weighted by Gasteiger charge is -1.99. The highest BCUT2D eigenvalue weighted by Gasteiger charge is 2.37. The molecule has 7 heteroatoms. The van der Waals surface area contributed by atoms with Crippen molar-refractivity contribution < 1.29 is 9.90 Å². The fraction of sp³-hybridized carbons (Fsp3) is 0.714. The van der Waals surface area contributed by atoms with Crippen molar-refractivity contribution >= 4 is 17.7 Å². The molecule has 2 unspecified atom stereocenters. The Balaban J connectivity index is 2.02. The van der Waals surface area contributed by atoms with Gasteiger partial charge in [0.2, 0.25) is 5.16 Å². The number of tetrazole rings is 1. The van der Waals surface area contributed by atoms with Gasteiger partial charge in [-0.15, -0.1) is 5.10 Å². The van der Waals surface area contributed by atoms with Crippen molar-refractivity contribution in [3.63, 3.8) is 0 Å². The minimum Gasteiger partial charge on any atom is -0.481 e. The molecule has 0 saturated heterocycles. The Bertz CT molecular complexity index is 353. The number of carbonyl (C=O) groups is 1. The highest BCUT2D eigenvalue weighted by atomic mass is 32.2. The molecule has 1 aromatic rings. The Hall–Kier alpha value is -1.11. The summed E-state index contributed by atoms with van der Waals surface area (Å²) in [7, 11) is 0. The van der Waals surface area contributed by atoms with Crippen LogP contribution in [0.25, 0.3) is 0 Å². The zero-order valence-corrected chi connectivity index (χ0v) is 8.44. The first-order chi connectivity index (χ1) is 6.68. The van der Waals surface area contributed by atoms with Crippen molar-refractivity contribution in [2.75, 3.05) is 5.75 Å². The van der Waals surface area contributed by atoms with E-state index in [0.717, 1.165) is 18.2 Å². The summed E-state index contributed by atoms with van der Waals surface area (Å²) in [6, 6.07) is 0.362. The fourth-order valence-corrected chi connectivity index (χ4v) is 1.91. The Kier molecular flexibility index (Phi) is 2.40. The normalized spacial score (nSPS) is 24.9. The largest absolute Gasteiger partial charge is 0.481 e. The molecule has 76 valence electrons. The third-order valence-electron chi connectivity index (χ3n) is 2.17. The molecular formula is C7H10N4O2S. The van der Waals surface area contributed by atoms with E-state index in [-0.39, 0.29) is 5.75 Å². The van der Waals surface area contributed by atoms with Gasteiger partial charge >= 0.3 is 5.97 Å². The van der Waals surface area contributed by atoms with Gasteiger partial charge in [0.05, 0.1) is 11.8 Å². The summed E-state index contributed by atoms with van der Waals surface area (Å²) in [4.78, 5) is 10.4. The number of carboxylic acid groups (broad SMARTS) is 1. The number of hydrogen-bond acceptors (Lipinski definition) is 5. The molecule has 1 fully saturated rings. The lowest BCUT2D eigenvalue weighted by Crippen LogP contribution is -2.03. The van der Waals surface area contributed by atoms with Gasteiger partial charge in [0.15, 0.2) is 0 Å². The Morgan fingerprint density at radius 2 is 2.50 bits per heavy atom. The molecule has 0 bridgehead atoms. The van der Waals surface area contributed by atoms with Crippen LogP contribution in [0.3, 0.4) is 0 Å². The van der Waals surface area contributed by atoms with Gasteiger partial charge in [0.1, 0.15) is 0 Å². The molecule has 1 heterocycles. The average molecular weight is 214 g/mol. The van der Waals surface area contributed by atoms with E-state index in [4.69, 9.17) is 5.11 Å². The number of hydrogen-bond donors (Lipinski definition) is 1. The predicted octanol–water partition coefficient (Wildman–Crippen LogP) is 0.431. The van der Waals surface area contributed by atoms with E-state index >= 15 is 0 Å². The maximum absolute atomic E-state index is 10.4. The molecule has 0 aromatic carbocycles. The Morgan fingerprint density at radius 3 is 3.07 bits per heavy atom. The number of nitrogens with zero attached hydrogens (tertiary/aromatic N) is 4. The number of aliphatic carboxylic acids is 1. The van der Waals surface area contributed by atoms with Crippen LogP contribution in [0.2, 0.25) is 0 Å². The van der Waals surface area contributed by atoms with Gasteiger partial charge in [-0.2, -0.15) is 0 Å². The van der Waals surface area contributed by atoms with Crippen LogP contribution in [-0.2, 0) is 4.79 Å².